The highest BCUT2D eigenvalue weighted by molar-refractivity contribution is 5.87. The van der Waals surface area contributed by atoms with E-state index < -0.39 is 0 Å². The van der Waals surface area contributed by atoms with E-state index in [-0.39, 0.29) is 11.7 Å². The van der Waals surface area contributed by atoms with Gasteiger partial charge < -0.3 is 9.47 Å². The van der Waals surface area contributed by atoms with Crippen LogP contribution in [0, 0.1) is 28.6 Å². The Morgan fingerprint density at radius 1 is 1.04 bits per heavy atom. The lowest BCUT2D eigenvalue weighted by Gasteiger charge is -2.57. The Morgan fingerprint density at radius 2 is 1.85 bits per heavy atom. The first-order valence-electron chi connectivity index (χ1n) is 11.5. The Morgan fingerprint density at radius 3 is 2.67 bits per heavy atom. The minimum Gasteiger partial charge on any atom is -0.353 e. The van der Waals surface area contributed by atoms with Crippen LogP contribution in [-0.2, 0) is 14.3 Å². The fraction of sp³-hybridized carbons (Fsp3) is 0.875. The van der Waals surface area contributed by atoms with E-state index in [0.29, 0.717) is 23.2 Å². The lowest BCUT2D eigenvalue weighted by molar-refractivity contribution is -0.195. The molecule has 7 atom stereocenters. The maximum atomic E-state index is 12.6. The van der Waals surface area contributed by atoms with Gasteiger partial charge in [-0.05, 0) is 87.4 Å². The second-order valence-electron chi connectivity index (χ2n) is 10.5. The molecule has 27 heavy (non-hydrogen) atoms. The monoisotopic (exact) mass is 372 g/mol. The van der Waals surface area contributed by atoms with Crippen molar-refractivity contribution >= 4 is 5.78 Å². The zero-order valence-electron chi connectivity index (χ0n) is 17.2. The maximum Gasteiger partial charge on any atom is 0.157 e. The van der Waals surface area contributed by atoms with Gasteiger partial charge in [-0.15, -0.1) is 0 Å². The van der Waals surface area contributed by atoms with Crippen molar-refractivity contribution in [2.45, 2.75) is 96.9 Å². The summed E-state index contributed by atoms with van der Waals surface area (Å²) >= 11 is 0. The Kier molecular flexibility index (Phi) is 4.55. The number of ketones is 1. The van der Waals surface area contributed by atoms with Crippen LogP contribution in [0.2, 0.25) is 0 Å². The molecule has 0 radical (unpaired) electrons. The summed E-state index contributed by atoms with van der Waals surface area (Å²) in [7, 11) is 0. The van der Waals surface area contributed by atoms with E-state index in [1.165, 1.54) is 32.1 Å². The highest BCUT2D eigenvalue weighted by atomic mass is 16.7. The topological polar surface area (TPSA) is 35.5 Å². The van der Waals surface area contributed by atoms with Crippen LogP contribution >= 0.6 is 0 Å². The van der Waals surface area contributed by atoms with Crippen LogP contribution < -0.4 is 0 Å². The van der Waals surface area contributed by atoms with Crippen LogP contribution in [0.1, 0.15) is 84.5 Å². The first-order valence-corrected chi connectivity index (χ1v) is 11.5. The van der Waals surface area contributed by atoms with Gasteiger partial charge in [0.2, 0.25) is 0 Å². The van der Waals surface area contributed by atoms with Crippen molar-refractivity contribution in [3.05, 3.63) is 11.6 Å². The van der Waals surface area contributed by atoms with Crippen LogP contribution in [0.15, 0.2) is 11.6 Å². The van der Waals surface area contributed by atoms with Gasteiger partial charge in [0.15, 0.2) is 6.29 Å². The average molecular weight is 373 g/mol. The molecular formula is C24H36O3. The second kappa shape index (κ2) is 6.69. The first kappa shape index (κ1) is 18.4. The molecule has 3 nitrogen and oxygen atoms in total. The van der Waals surface area contributed by atoms with E-state index in [1.807, 2.05) is 0 Å². The van der Waals surface area contributed by atoms with Crippen molar-refractivity contribution in [1.82, 2.24) is 0 Å². The van der Waals surface area contributed by atoms with Gasteiger partial charge in [-0.3, -0.25) is 4.79 Å². The molecule has 3 heteroatoms. The zero-order chi connectivity index (χ0) is 18.6. The number of rotatable bonds is 2. The molecule has 0 aromatic rings. The quantitative estimate of drug-likeness (QED) is 0.606. The van der Waals surface area contributed by atoms with E-state index in [9.17, 15) is 4.79 Å². The maximum absolute atomic E-state index is 12.6. The molecule has 0 aromatic carbocycles. The van der Waals surface area contributed by atoms with Gasteiger partial charge in [0.05, 0.1) is 6.10 Å². The summed E-state index contributed by atoms with van der Waals surface area (Å²) in [5.41, 5.74) is 1.98. The molecular weight excluding hydrogens is 336 g/mol. The smallest absolute Gasteiger partial charge is 0.157 e. The van der Waals surface area contributed by atoms with E-state index in [1.54, 1.807) is 5.57 Å². The summed E-state index contributed by atoms with van der Waals surface area (Å²) in [6.07, 6.45) is 15.4. The molecule has 0 amide bonds. The Hall–Kier alpha value is -0.670. The van der Waals surface area contributed by atoms with Crippen molar-refractivity contribution in [2.75, 3.05) is 6.61 Å². The number of carbonyl (C=O) groups excluding carboxylic acids is 1. The normalized spacial score (nSPS) is 49.8. The van der Waals surface area contributed by atoms with Gasteiger partial charge in [0.1, 0.15) is 5.78 Å². The number of hydrogen-bond donors (Lipinski definition) is 0. The van der Waals surface area contributed by atoms with Crippen LogP contribution in [-0.4, -0.2) is 24.8 Å². The summed E-state index contributed by atoms with van der Waals surface area (Å²) in [5.74, 6) is 2.68. The number of Topliss-reactive ketones (excluding diaryl/α,β-unsaturated/α-hetero) is 1. The number of fused-ring (bicyclic) bond motifs is 5. The minimum absolute atomic E-state index is 0.0124. The third-order valence-corrected chi connectivity index (χ3v) is 9.25. The Balaban J connectivity index is 1.32. The van der Waals surface area contributed by atoms with Crippen molar-refractivity contribution in [1.29, 1.82) is 0 Å². The number of allylic oxidation sites excluding steroid dienone is 1. The van der Waals surface area contributed by atoms with Crippen molar-refractivity contribution in [3.8, 4) is 0 Å². The van der Waals surface area contributed by atoms with Crippen LogP contribution in [0.25, 0.3) is 0 Å². The Labute approximate surface area is 164 Å². The van der Waals surface area contributed by atoms with Gasteiger partial charge in [0.25, 0.3) is 0 Å². The second-order valence-corrected chi connectivity index (χ2v) is 10.5. The highest BCUT2D eigenvalue weighted by Gasteiger charge is 2.58. The number of ether oxygens (including phenoxy) is 2. The van der Waals surface area contributed by atoms with Gasteiger partial charge in [0, 0.05) is 18.4 Å². The molecule has 0 aromatic heterocycles. The lowest BCUT2D eigenvalue weighted by atomic mass is 9.48. The van der Waals surface area contributed by atoms with Gasteiger partial charge in [-0.1, -0.05) is 25.5 Å². The predicted octanol–water partition coefficient (Wildman–Crippen LogP) is 5.43. The molecule has 0 bridgehead atoms. The SMILES string of the molecule is C[C@]12CC[C@H](OC3CCCCO3)CC1=CCC1[C@@H]2CC[C@]2(C)C(=O)CC[C@@H]12. The van der Waals surface area contributed by atoms with Gasteiger partial charge in [-0.25, -0.2) is 0 Å². The van der Waals surface area contributed by atoms with E-state index in [4.69, 9.17) is 9.47 Å². The molecule has 1 saturated heterocycles. The Bertz CT molecular complexity index is 634. The average Bonchev–Trinajstić information content (AvgIpc) is 2.98. The van der Waals surface area contributed by atoms with Crippen LogP contribution in [0.3, 0.4) is 0 Å². The standard InChI is InChI=1S/C24H36O3/c1-23-12-10-17(27-22-5-3-4-14-26-22)15-16(23)6-7-18-19-8-9-21(25)24(19,2)13-11-20(18)23/h6,17-20,22H,3-5,7-15H2,1-2H3/t17-,18?,19-,20-,22?,23-,24-/m0/s1. The molecule has 150 valence electrons. The fourth-order valence-corrected chi connectivity index (χ4v) is 7.55. The first-order chi connectivity index (χ1) is 13.0. The molecule has 0 spiro atoms. The fourth-order valence-electron chi connectivity index (χ4n) is 7.55. The molecule has 5 aliphatic rings. The number of carbonyl (C=O) groups is 1. The lowest BCUT2D eigenvalue weighted by Crippen LogP contribution is -2.50. The summed E-state index contributed by atoms with van der Waals surface area (Å²) in [4.78, 5) is 12.6. The zero-order valence-corrected chi connectivity index (χ0v) is 17.2. The van der Waals surface area contributed by atoms with Gasteiger partial charge in [-0.2, -0.15) is 0 Å². The summed E-state index contributed by atoms with van der Waals surface area (Å²) in [6, 6.07) is 0. The van der Waals surface area contributed by atoms with E-state index in [0.717, 1.165) is 57.0 Å². The molecule has 1 aliphatic heterocycles. The highest BCUT2D eigenvalue weighted by Crippen LogP contribution is 2.64. The summed E-state index contributed by atoms with van der Waals surface area (Å²) in [6.45, 7) is 5.67. The molecule has 4 fully saturated rings. The molecule has 3 saturated carbocycles. The summed E-state index contributed by atoms with van der Waals surface area (Å²) < 4.78 is 12.2. The van der Waals surface area contributed by atoms with Crippen molar-refractivity contribution in [2.24, 2.45) is 28.6 Å². The minimum atomic E-state index is -0.0124. The van der Waals surface area contributed by atoms with Crippen LogP contribution in [0.5, 0.6) is 0 Å². The van der Waals surface area contributed by atoms with E-state index in [2.05, 4.69) is 19.9 Å². The molecule has 4 aliphatic carbocycles. The molecule has 1 heterocycles. The predicted molar refractivity (Wildman–Crippen MR) is 105 cm³/mol. The summed E-state index contributed by atoms with van der Waals surface area (Å²) in [5, 5.41) is 0. The third-order valence-electron chi connectivity index (χ3n) is 9.25. The largest absolute Gasteiger partial charge is 0.353 e. The molecule has 5 rings (SSSR count). The molecule has 0 N–H and O–H groups in total. The van der Waals surface area contributed by atoms with Crippen LogP contribution in [0.4, 0.5) is 0 Å². The van der Waals surface area contributed by atoms with Crippen molar-refractivity contribution < 1.29 is 14.3 Å². The molecule has 2 unspecified atom stereocenters. The van der Waals surface area contributed by atoms with E-state index >= 15 is 0 Å². The third kappa shape index (κ3) is 2.87. The number of hydrogen-bond acceptors (Lipinski definition) is 3. The van der Waals surface area contributed by atoms with Crippen molar-refractivity contribution in [3.63, 3.8) is 0 Å². The van der Waals surface area contributed by atoms with Gasteiger partial charge >= 0.3 is 0 Å².